The minimum absolute atomic E-state index is 0.715. The van der Waals surface area contributed by atoms with Crippen molar-refractivity contribution < 1.29 is 0 Å². The molecular formula is C21H19N5. The Labute approximate surface area is 152 Å². The van der Waals surface area contributed by atoms with E-state index >= 15 is 0 Å². The van der Waals surface area contributed by atoms with E-state index in [9.17, 15) is 0 Å². The summed E-state index contributed by atoms with van der Waals surface area (Å²) in [6.07, 6.45) is 5.71. The van der Waals surface area contributed by atoms with E-state index in [0.717, 1.165) is 34.0 Å². The molecule has 0 saturated carbocycles. The second-order valence-electron chi connectivity index (χ2n) is 6.08. The van der Waals surface area contributed by atoms with Gasteiger partial charge in [0.15, 0.2) is 5.82 Å². The van der Waals surface area contributed by atoms with Crippen LogP contribution in [0.5, 0.6) is 0 Å². The third-order valence-corrected chi connectivity index (χ3v) is 4.09. The normalized spacial score (nSPS) is 10.7. The molecule has 4 rings (SSSR count). The van der Waals surface area contributed by atoms with Crippen LogP contribution in [0.2, 0.25) is 0 Å². The third-order valence-electron chi connectivity index (χ3n) is 4.09. The fourth-order valence-electron chi connectivity index (χ4n) is 2.70. The smallest absolute Gasteiger partial charge is 0.159 e. The zero-order valence-electron chi connectivity index (χ0n) is 14.5. The van der Waals surface area contributed by atoms with Crippen molar-refractivity contribution in [3.05, 3.63) is 90.5 Å². The molecule has 128 valence electrons. The van der Waals surface area contributed by atoms with E-state index < -0.39 is 0 Å². The molecule has 1 N–H and O–H groups in total. The molecule has 5 heteroatoms. The zero-order chi connectivity index (χ0) is 17.8. The Morgan fingerprint density at radius 1 is 0.962 bits per heavy atom. The number of nitrogens with zero attached hydrogens (tertiary/aromatic N) is 4. The number of nitrogens with one attached hydrogen (secondary N) is 1. The van der Waals surface area contributed by atoms with E-state index in [2.05, 4.69) is 20.4 Å². The van der Waals surface area contributed by atoms with Gasteiger partial charge in [-0.3, -0.25) is 0 Å². The molecule has 0 saturated heterocycles. The van der Waals surface area contributed by atoms with E-state index in [0.29, 0.717) is 6.54 Å². The van der Waals surface area contributed by atoms with Crippen LogP contribution < -0.4 is 5.32 Å². The maximum atomic E-state index is 4.46. The second kappa shape index (κ2) is 7.19. The van der Waals surface area contributed by atoms with Crippen LogP contribution in [0.3, 0.4) is 0 Å². The van der Waals surface area contributed by atoms with Crippen LogP contribution in [0.4, 0.5) is 5.69 Å². The fourth-order valence-corrected chi connectivity index (χ4v) is 2.70. The Bertz CT molecular complexity index is 990. The summed E-state index contributed by atoms with van der Waals surface area (Å²) in [6.45, 7) is 2.68. The molecule has 0 aliphatic carbocycles. The highest BCUT2D eigenvalue weighted by Crippen LogP contribution is 2.18. The van der Waals surface area contributed by atoms with Crippen LogP contribution in [-0.2, 0) is 6.54 Å². The summed E-state index contributed by atoms with van der Waals surface area (Å²) in [6, 6.07) is 20.1. The highest BCUT2D eigenvalue weighted by Gasteiger charge is 2.03. The predicted molar refractivity (Wildman–Crippen MR) is 103 cm³/mol. The molecule has 0 spiro atoms. The molecule has 26 heavy (non-hydrogen) atoms. The molecule has 5 nitrogen and oxygen atoms in total. The number of aromatic nitrogens is 4. The van der Waals surface area contributed by atoms with Crippen LogP contribution in [-0.4, -0.2) is 19.7 Å². The summed E-state index contributed by atoms with van der Waals surface area (Å²) in [7, 11) is 0. The van der Waals surface area contributed by atoms with Gasteiger partial charge in [-0.25, -0.2) is 14.6 Å². The Hall–Kier alpha value is -3.47. The molecule has 0 amide bonds. The van der Waals surface area contributed by atoms with Crippen LogP contribution in [0, 0.1) is 6.92 Å². The van der Waals surface area contributed by atoms with Gasteiger partial charge in [0.2, 0.25) is 0 Å². The van der Waals surface area contributed by atoms with E-state index in [1.807, 2.05) is 84.7 Å². The molecule has 0 radical (unpaired) electrons. The van der Waals surface area contributed by atoms with Crippen LogP contribution in [0.1, 0.15) is 11.3 Å². The minimum atomic E-state index is 0.715. The van der Waals surface area contributed by atoms with Crippen molar-refractivity contribution >= 4 is 5.69 Å². The second-order valence-corrected chi connectivity index (χ2v) is 6.08. The van der Waals surface area contributed by atoms with Gasteiger partial charge < -0.3 is 5.32 Å². The lowest BCUT2D eigenvalue weighted by molar-refractivity contribution is 0.880. The van der Waals surface area contributed by atoms with Gasteiger partial charge in [-0.05, 0) is 49.4 Å². The van der Waals surface area contributed by atoms with E-state index in [1.54, 1.807) is 6.20 Å². The summed E-state index contributed by atoms with van der Waals surface area (Å²) in [5.74, 6) is 0.751. The molecule has 0 atom stereocenters. The quantitative estimate of drug-likeness (QED) is 0.589. The third kappa shape index (κ3) is 3.62. The number of para-hydroxylation sites is 1. The van der Waals surface area contributed by atoms with Gasteiger partial charge in [-0.15, -0.1) is 0 Å². The van der Waals surface area contributed by atoms with E-state index in [4.69, 9.17) is 0 Å². The molecule has 0 bridgehead atoms. The average molecular weight is 341 g/mol. The number of benzene rings is 2. The Balaban J connectivity index is 1.42. The standard InChI is InChI=1S/C21H19N5/c1-16-11-12-22-21(25-16)18-7-9-19(10-8-18)23-13-17-14-24-26(15-17)20-5-3-2-4-6-20/h2-12,14-15,23H,13H2,1H3. The van der Waals surface area contributed by atoms with Crippen molar-refractivity contribution in [2.24, 2.45) is 0 Å². The monoisotopic (exact) mass is 341 g/mol. The first kappa shape index (κ1) is 16.0. The summed E-state index contributed by atoms with van der Waals surface area (Å²) in [5, 5.41) is 7.84. The van der Waals surface area contributed by atoms with Crippen LogP contribution in [0.15, 0.2) is 79.3 Å². The first-order chi connectivity index (χ1) is 12.8. The molecule has 0 fully saturated rings. The number of rotatable bonds is 5. The van der Waals surface area contributed by atoms with Crippen LogP contribution in [0.25, 0.3) is 17.1 Å². The Morgan fingerprint density at radius 3 is 2.54 bits per heavy atom. The molecular weight excluding hydrogens is 322 g/mol. The summed E-state index contributed by atoms with van der Waals surface area (Å²) >= 11 is 0. The van der Waals surface area contributed by atoms with Crippen molar-refractivity contribution in [3.8, 4) is 17.1 Å². The number of aryl methyl sites for hydroxylation is 1. The predicted octanol–water partition coefficient (Wildman–Crippen LogP) is 4.25. The van der Waals surface area contributed by atoms with Crippen molar-refractivity contribution in [2.75, 3.05) is 5.32 Å². The maximum Gasteiger partial charge on any atom is 0.159 e. The summed E-state index contributed by atoms with van der Waals surface area (Å²) < 4.78 is 1.88. The van der Waals surface area contributed by atoms with Gasteiger partial charge in [0.05, 0.1) is 11.9 Å². The largest absolute Gasteiger partial charge is 0.381 e. The first-order valence-corrected chi connectivity index (χ1v) is 8.51. The fraction of sp³-hybridized carbons (Fsp3) is 0.0952. The number of hydrogen-bond donors (Lipinski definition) is 1. The lowest BCUT2D eigenvalue weighted by Crippen LogP contribution is -1.99. The summed E-state index contributed by atoms with van der Waals surface area (Å²) in [5.41, 5.74) is 5.21. The van der Waals surface area contributed by atoms with Crippen molar-refractivity contribution in [1.82, 2.24) is 19.7 Å². The maximum absolute atomic E-state index is 4.46. The molecule has 2 heterocycles. The van der Waals surface area contributed by atoms with Gasteiger partial charge in [-0.2, -0.15) is 5.10 Å². The van der Waals surface area contributed by atoms with Crippen molar-refractivity contribution in [3.63, 3.8) is 0 Å². The Morgan fingerprint density at radius 2 is 1.77 bits per heavy atom. The number of anilines is 1. The molecule has 4 aromatic rings. The van der Waals surface area contributed by atoms with Crippen molar-refractivity contribution in [2.45, 2.75) is 13.5 Å². The molecule has 0 aliphatic heterocycles. The number of hydrogen-bond acceptors (Lipinski definition) is 4. The SMILES string of the molecule is Cc1ccnc(-c2ccc(NCc3cnn(-c4ccccc4)c3)cc2)n1. The molecule has 2 aromatic heterocycles. The summed E-state index contributed by atoms with van der Waals surface area (Å²) in [4.78, 5) is 8.78. The average Bonchev–Trinajstić information content (AvgIpc) is 3.17. The van der Waals surface area contributed by atoms with Gasteiger partial charge in [0, 0.05) is 41.4 Å². The first-order valence-electron chi connectivity index (χ1n) is 8.51. The highest BCUT2D eigenvalue weighted by molar-refractivity contribution is 5.59. The van der Waals surface area contributed by atoms with Gasteiger partial charge in [0.1, 0.15) is 0 Å². The molecule has 0 aliphatic rings. The minimum Gasteiger partial charge on any atom is -0.381 e. The van der Waals surface area contributed by atoms with Gasteiger partial charge in [-0.1, -0.05) is 18.2 Å². The van der Waals surface area contributed by atoms with Gasteiger partial charge >= 0.3 is 0 Å². The lowest BCUT2D eigenvalue weighted by atomic mass is 10.2. The van der Waals surface area contributed by atoms with Crippen LogP contribution >= 0.6 is 0 Å². The Kier molecular flexibility index (Phi) is 4.43. The zero-order valence-corrected chi connectivity index (χ0v) is 14.5. The van der Waals surface area contributed by atoms with Gasteiger partial charge in [0.25, 0.3) is 0 Å². The molecule has 2 aromatic carbocycles. The van der Waals surface area contributed by atoms with Crippen molar-refractivity contribution in [1.29, 1.82) is 0 Å². The van der Waals surface area contributed by atoms with E-state index in [1.165, 1.54) is 0 Å². The van der Waals surface area contributed by atoms with E-state index in [-0.39, 0.29) is 0 Å². The topological polar surface area (TPSA) is 55.6 Å². The lowest BCUT2D eigenvalue weighted by Gasteiger charge is -2.06. The molecule has 0 unspecified atom stereocenters. The highest BCUT2D eigenvalue weighted by atomic mass is 15.3.